The molecule has 0 aliphatic heterocycles. The molecule has 5 heteroatoms. The van der Waals surface area contributed by atoms with Crippen LogP contribution in [0, 0.1) is 0 Å². The summed E-state index contributed by atoms with van der Waals surface area (Å²) < 4.78 is 0. The Kier molecular flexibility index (Phi) is 4.10. The maximum Gasteiger partial charge on any atom is 0.268 e. The first-order valence-corrected chi connectivity index (χ1v) is 5.94. The monoisotopic (exact) mass is 257 g/mol. The van der Waals surface area contributed by atoms with E-state index in [1.807, 2.05) is 24.3 Å². The fourth-order valence-corrected chi connectivity index (χ4v) is 1.72. The highest BCUT2D eigenvalue weighted by Crippen LogP contribution is 2.04. The normalized spacial score (nSPS) is 10.2. The molecule has 0 saturated carbocycles. The molecule has 0 saturated heterocycles. The van der Waals surface area contributed by atoms with Crippen LogP contribution in [0.4, 0.5) is 0 Å². The molecule has 2 aromatic rings. The van der Waals surface area contributed by atoms with E-state index in [4.69, 9.17) is 5.73 Å². The number of hydrogen-bond acceptors (Lipinski definition) is 3. The number of aromatic nitrogens is 1. The van der Waals surface area contributed by atoms with Crippen LogP contribution >= 0.6 is 0 Å². The van der Waals surface area contributed by atoms with Gasteiger partial charge in [-0.1, -0.05) is 30.3 Å². The number of nitrogens with one attached hydrogen (secondary N) is 2. The minimum Gasteiger partial charge on any atom is -0.347 e. The topological polar surface area (TPSA) is 88.0 Å². The molecule has 0 atom stereocenters. The zero-order valence-corrected chi connectivity index (χ0v) is 10.3. The standard InChI is InChI=1S/C14H15N3O2/c15-8-10-3-1-4-11(7-10)9-16-14(19)12-5-2-6-13(18)17-12/h1-7H,8-9,15H2,(H,16,19)(H,17,18). The zero-order chi connectivity index (χ0) is 13.7. The molecule has 0 spiro atoms. The van der Waals surface area contributed by atoms with Gasteiger partial charge in [-0.05, 0) is 17.2 Å². The third kappa shape index (κ3) is 3.53. The molecule has 0 bridgehead atoms. The molecule has 19 heavy (non-hydrogen) atoms. The van der Waals surface area contributed by atoms with Gasteiger partial charge in [0.15, 0.2) is 0 Å². The fourth-order valence-electron chi connectivity index (χ4n) is 1.72. The molecule has 1 aromatic carbocycles. The van der Waals surface area contributed by atoms with Gasteiger partial charge in [-0.25, -0.2) is 0 Å². The second-order valence-electron chi connectivity index (χ2n) is 4.14. The second-order valence-corrected chi connectivity index (χ2v) is 4.14. The molecule has 0 fully saturated rings. The quantitative estimate of drug-likeness (QED) is 0.755. The smallest absolute Gasteiger partial charge is 0.268 e. The highest BCUT2D eigenvalue weighted by Gasteiger charge is 2.05. The Labute approximate surface area is 110 Å². The highest BCUT2D eigenvalue weighted by molar-refractivity contribution is 5.92. The number of aromatic amines is 1. The summed E-state index contributed by atoms with van der Waals surface area (Å²) in [6.45, 7) is 0.859. The minimum absolute atomic E-state index is 0.252. The van der Waals surface area contributed by atoms with Crippen molar-refractivity contribution in [1.82, 2.24) is 10.3 Å². The lowest BCUT2D eigenvalue weighted by atomic mass is 10.1. The molecular weight excluding hydrogens is 242 g/mol. The molecule has 0 unspecified atom stereocenters. The van der Waals surface area contributed by atoms with E-state index in [-0.39, 0.29) is 17.2 Å². The number of nitrogens with two attached hydrogens (primary N) is 1. The molecule has 98 valence electrons. The van der Waals surface area contributed by atoms with Crippen LogP contribution < -0.4 is 16.6 Å². The van der Waals surface area contributed by atoms with Gasteiger partial charge >= 0.3 is 0 Å². The van der Waals surface area contributed by atoms with Crippen molar-refractivity contribution in [2.75, 3.05) is 0 Å². The van der Waals surface area contributed by atoms with Crippen LogP contribution in [0.2, 0.25) is 0 Å². The van der Waals surface area contributed by atoms with Crippen LogP contribution in [-0.4, -0.2) is 10.9 Å². The van der Waals surface area contributed by atoms with E-state index >= 15 is 0 Å². The van der Waals surface area contributed by atoms with E-state index < -0.39 is 0 Å². The Morgan fingerprint density at radius 2 is 1.89 bits per heavy atom. The third-order valence-electron chi connectivity index (χ3n) is 2.69. The van der Waals surface area contributed by atoms with E-state index in [1.54, 1.807) is 12.1 Å². The van der Waals surface area contributed by atoms with Crippen LogP contribution in [-0.2, 0) is 13.1 Å². The molecule has 4 N–H and O–H groups in total. The van der Waals surface area contributed by atoms with E-state index in [1.165, 1.54) is 6.07 Å². The Balaban J connectivity index is 2.02. The highest BCUT2D eigenvalue weighted by atomic mass is 16.2. The van der Waals surface area contributed by atoms with Crippen molar-refractivity contribution in [3.63, 3.8) is 0 Å². The number of rotatable bonds is 4. The molecule has 2 rings (SSSR count). The predicted octanol–water partition coefficient (Wildman–Crippen LogP) is 0.764. The van der Waals surface area contributed by atoms with Crippen molar-refractivity contribution in [2.24, 2.45) is 5.73 Å². The van der Waals surface area contributed by atoms with Crippen LogP contribution in [0.15, 0.2) is 47.3 Å². The van der Waals surface area contributed by atoms with Gasteiger partial charge < -0.3 is 16.0 Å². The summed E-state index contributed by atoms with van der Waals surface area (Å²) in [5.41, 5.74) is 7.49. The second kappa shape index (κ2) is 5.97. The molecule has 1 aromatic heterocycles. The maximum atomic E-state index is 11.8. The Morgan fingerprint density at radius 1 is 1.16 bits per heavy atom. The largest absolute Gasteiger partial charge is 0.347 e. The SMILES string of the molecule is NCc1cccc(CNC(=O)c2cccc(=O)[nH]2)c1. The van der Waals surface area contributed by atoms with Crippen LogP contribution in [0.25, 0.3) is 0 Å². The number of pyridine rings is 1. The lowest BCUT2D eigenvalue weighted by Gasteiger charge is -2.06. The summed E-state index contributed by atoms with van der Waals surface area (Å²) in [6, 6.07) is 12.1. The summed E-state index contributed by atoms with van der Waals surface area (Å²) in [7, 11) is 0. The Morgan fingerprint density at radius 3 is 2.63 bits per heavy atom. The number of benzene rings is 1. The summed E-state index contributed by atoms with van der Waals surface area (Å²) in [5, 5.41) is 2.74. The van der Waals surface area contributed by atoms with Gasteiger partial charge in [0.2, 0.25) is 5.56 Å². The van der Waals surface area contributed by atoms with Crippen molar-refractivity contribution < 1.29 is 4.79 Å². The zero-order valence-electron chi connectivity index (χ0n) is 10.3. The van der Waals surface area contributed by atoms with Gasteiger partial charge in [0.05, 0.1) is 0 Å². The van der Waals surface area contributed by atoms with E-state index in [9.17, 15) is 9.59 Å². The molecular formula is C14H15N3O2. The molecule has 5 nitrogen and oxygen atoms in total. The maximum absolute atomic E-state index is 11.8. The van der Waals surface area contributed by atoms with Crippen LogP contribution in [0.3, 0.4) is 0 Å². The summed E-state index contributed by atoms with van der Waals surface area (Å²) in [6.07, 6.45) is 0. The first-order chi connectivity index (χ1) is 9.19. The fraction of sp³-hybridized carbons (Fsp3) is 0.143. The molecule has 1 amide bonds. The average molecular weight is 257 g/mol. The van der Waals surface area contributed by atoms with Gasteiger partial charge in [0, 0.05) is 19.2 Å². The summed E-state index contributed by atoms with van der Waals surface area (Å²) in [4.78, 5) is 25.4. The van der Waals surface area contributed by atoms with Gasteiger partial charge in [0.25, 0.3) is 5.91 Å². The number of hydrogen-bond donors (Lipinski definition) is 3. The lowest BCUT2D eigenvalue weighted by Crippen LogP contribution is -2.25. The van der Waals surface area contributed by atoms with Crippen molar-refractivity contribution in [3.05, 3.63) is 69.6 Å². The number of amides is 1. The summed E-state index contributed by atoms with van der Waals surface area (Å²) in [5.74, 6) is -0.309. The molecule has 0 radical (unpaired) electrons. The van der Waals surface area contributed by atoms with Gasteiger partial charge in [-0.15, -0.1) is 0 Å². The van der Waals surface area contributed by atoms with E-state index in [2.05, 4.69) is 10.3 Å². The van der Waals surface area contributed by atoms with Gasteiger partial charge in [-0.3, -0.25) is 9.59 Å². The minimum atomic E-state index is -0.309. The van der Waals surface area contributed by atoms with Crippen LogP contribution in [0.1, 0.15) is 21.6 Å². The lowest BCUT2D eigenvalue weighted by molar-refractivity contribution is 0.0945. The van der Waals surface area contributed by atoms with Gasteiger partial charge in [0.1, 0.15) is 5.69 Å². The molecule has 0 aliphatic rings. The molecule has 1 heterocycles. The van der Waals surface area contributed by atoms with E-state index in [0.29, 0.717) is 13.1 Å². The summed E-state index contributed by atoms with van der Waals surface area (Å²) >= 11 is 0. The van der Waals surface area contributed by atoms with Crippen molar-refractivity contribution in [1.29, 1.82) is 0 Å². The first kappa shape index (κ1) is 13.0. The van der Waals surface area contributed by atoms with Crippen molar-refractivity contribution in [2.45, 2.75) is 13.1 Å². The number of carbonyl (C=O) groups excluding carboxylic acids is 1. The Hall–Kier alpha value is -2.40. The number of H-pyrrole nitrogens is 1. The van der Waals surface area contributed by atoms with Crippen molar-refractivity contribution in [3.8, 4) is 0 Å². The van der Waals surface area contributed by atoms with Crippen LogP contribution in [0.5, 0.6) is 0 Å². The van der Waals surface area contributed by atoms with Crippen molar-refractivity contribution >= 4 is 5.91 Å². The van der Waals surface area contributed by atoms with Gasteiger partial charge in [-0.2, -0.15) is 0 Å². The van der Waals surface area contributed by atoms with E-state index in [0.717, 1.165) is 11.1 Å². The third-order valence-corrected chi connectivity index (χ3v) is 2.69. The Bertz CT molecular complexity index is 634. The average Bonchev–Trinajstić information content (AvgIpc) is 2.45. The predicted molar refractivity (Wildman–Crippen MR) is 72.6 cm³/mol. The number of carbonyl (C=O) groups is 1. The molecule has 0 aliphatic carbocycles. The first-order valence-electron chi connectivity index (χ1n) is 5.94.